The van der Waals surface area contributed by atoms with Gasteiger partial charge in [0, 0.05) is 0 Å². The molecule has 1 aromatic carbocycles. The second kappa shape index (κ2) is 3.71. The molecule has 1 heterocycles. The number of thiocarbonyl (C=S) groups is 1. The number of aryl methyl sites for hydroxylation is 1. The quantitative estimate of drug-likeness (QED) is 0.682. The molecule has 1 aromatic rings. The van der Waals surface area contributed by atoms with Crippen molar-refractivity contribution in [2.75, 3.05) is 10.7 Å². The van der Waals surface area contributed by atoms with Crippen molar-refractivity contribution in [1.82, 2.24) is 0 Å². The van der Waals surface area contributed by atoms with Crippen LogP contribution >= 0.6 is 24.0 Å². The van der Waals surface area contributed by atoms with E-state index in [1.54, 1.807) is 4.90 Å². The minimum absolute atomic E-state index is 0.0781. The van der Waals surface area contributed by atoms with Crippen molar-refractivity contribution in [3.63, 3.8) is 0 Å². The fourth-order valence-corrected chi connectivity index (χ4v) is 2.48. The van der Waals surface area contributed by atoms with Crippen LogP contribution in [0.4, 0.5) is 5.69 Å². The van der Waals surface area contributed by atoms with Gasteiger partial charge in [0.1, 0.15) is 4.32 Å². The van der Waals surface area contributed by atoms with Crippen LogP contribution in [0.5, 0.6) is 0 Å². The molecule has 4 heteroatoms. The lowest BCUT2D eigenvalue weighted by Gasteiger charge is -2.16. The molecule has 0 N–H and O–H groups in total. The standard InChI is InChI=1S/C10H9NOS2/c1-7-4-2-3-5-8(7)11-9(12)6-14-10(11)13/h2-5H,6H2,1H3. The summed E-state index contributed by atoms with van der Waals surface area (Å²) in [7, 11) is 0. The van der Waals surface area contributed by atoms with Gasteiger partial charge in [-0.25, -0.2) is 0 Å². The first-order valence-corrected chi connectivity index (χ1v) is 5.65. The Kier molecular flexibility index (Phi) is 2.56. The fraction of sp³-hybridized carbons (Fsp3) is 0.200. The SMILES string of the molecule is Cc1ccccc1N1C(=O)CSC1=S. The molecule has 1 fully saturated rings. The third-order valence-electron chi connectivity index (χ3n) is 2.11. The summed E-state index contributed by atoms with van der Waals surface area (Å²) in [5.74, 6) is 0.543. The van der Waals surface area contributed by atoms with E-state index in [1.807, 2.05) is 31.2 Å². The molecule has 2 rings (SSSR count). The molecule has 0 saturated carbocycles. The Hall–Kier alpha value is -0.870. The smallest absolute Gasteiger partial charge is 0.243 e. The number of benzene rings is 1. The molecule has 1 saturated heterocycles. The van der Waals surface area contributed by atoms with Gasteiger partial charge < -0.3 is 0 Å². The molecule has 72 valence electrons. The topological polar surface area (TPSA) is 20.3 Å². The molecule has 0 aliphatic carbocycles. The van der Waals surface area contributed by atoms with E-state index < -0.39 is 0 Å². The van der Waals surface area contributed by atoms with E-state index in [2.05, 4.69) is 0 Å². The normalized spacial score (nSPS) is 16.5. The van der Waals surface area contributed by atoms with Crippen molar-refractivity contribution in [2.45, 2.75) is 6.92 Å². The van der Waals surface area contributed by atoms with E-state index in [-0.39, 0.29) is 5.91 Å². The maximum atomic E-state index is 11.6. The van der Waals surface area contributed by atoms with Crippen LogP contribution in [0, 0.1) is 6.92 Å². The zero-order valence-corrected chi connectivity index (χ0v) is 9.32. The average Bonchev–Trinajstić information content (AvgIpc) is 2.48. The molecule has 0 unspecified atom stereocenters. The maximum absolute atomic E-state index is 11.6. The van der Waals surface area contributed by atoms with Crippen molar-refractivity contribution in [3.8, 4) is 0 Å². The Balaban J connectivity index is 2.44. The lowest BCUT2D eigenvalue weighted by Crippen LogP contribution is -2.28. The highest BCUT2D eigenvalue weighted by Crippen LogP contribution is 2.28. The summed E-state index contributed by atoms with van der Waals surface area (Å²) in [6.07, 6.45) is 0. The Morgan fingerprint density at radius 2 is 2.14 bits per heavy atom. The first-order valence-electron chi connectivity index (χ1n) is 4.25. The highest BCUT2D eigenvalue weighted by molar-refractivity contribution is 8.24. The summed E-state index contributed by atoms with van der Waals surface area (Å²) in [4.78, 5) is 13.2. The van der Waals surface area contributed by atoms with Crippen molar-refractivity contribution in [3.05, 3.63) is 29.8 Å². The highest BCUT2D eigenvalue weighted by atomic mass is 32.2. The van der Waals surface area contributed by atoms with Crippen molar-refractivity contribution in [1.29, 1.82) is 0 Å². The minimum Gasteiger partial charge on any atom is -0.273 e. The van der Waals surface area contributed by atoms with E-state index in [0.717, 1.165) is 11.3 Å². The zero-order chi connectivity index (χ0) is 10.1. The van der Waals surface area contributed by atoms with Gasteiger partial charge >= 0.3 is 0 Å². The lowest BCUT2D eigenvalue weighted by atomic mass is 10.2. The van der Waals surface area contributed by atoms with Crippen molar-refractivity contribution < 1.29 is 4.79 Å². The molecule has 0 spiro atoms. The Labute approximate surface area is 92.3 Å². The number of hydrogen-bond acceptors (Lipinski definition) is 3. The summed E-state index contributed by atoms with van der Waals surface area (Å²) < 4.78 is 0.657. The van der Waals surface area contributed by atoms with Gasteiger partial charge in [0.15, 0.2) is 0 Å². The Morgan fingerprint density at radius 1 is 1.43 bits per heavy atom. The first kappa shape index (κ1) is 9.68. The van der Waals surface area contributed by atoms with Crippen LogP contribution in [0.15, 0.2) is 24.3 Å². The van der Waals surface area contributed by atoms with Crippen LogP contribution < -0.4 is 4.90 Å². The summed E-state index contributed by atoms with van der Waals surface area (Å²) in [5.41, 5.74) is 1.98. The van der Waals surface area contributed by atoms with Crippen LogP contribution in [0.1, 0.15) is 5.56 Å². The summed E-state index contributed by atoms with van der Waals surface area (Å²) >= 11 is 6.55. The van der Waals surface area contributed by atoms with Crippen LogP contribution in [-0.4, -0.2) is 16.0 Å². The second-order valence-corrected chi connectivity index (χ2v) is 4.68. The van der Waals surface area contributed by atoms with Gasteiger partial charge in [-0.3, -0.25) is 9.69 Å². The van der Waals surface area contributed by atoms with Crippen molar-refractivity contribution in [2.24, 2.45) is 0 Å². The molecule has 2 nitrogen and oxygen atoms in total. The number of amides is 1. The number of carbonyl (C=O) groups excluding carboxylic acids is 1. The number of rotatable bonds is 1. The zero-order valence-electron chi connectivity index (χ0n) is 7.69. The molecule has 0 bridgehead atoms. The molecule has 0 aromatic heterocycles. The second-order valence-electron chi connectivity index (χ2n) is 3.07. The predicted octanol–water partition coefficient (Wildman–Crippen LogP) is 2.36. The van der Waals surface area contributed by atoms with Gasteiger partial charge in [-0.15, -0.1) is 0 Å². The monoisotopic (exact) mass is 223 g/mol. The molecular weight excluding hydrogens is 214 g/mol. The number of hydrogen-bond donors (Lipinski definition) is 0. The predicted molar refractivity (Wildman–Crippen MR) is 63.7 cm³/mol. The van der Waals surface area contributed by atoms with Crippen LogP contribution in [0.3, 0.4) is 0 Å². The average molecular weight is 223 g/mol. The van der Waals surface area contributed by atoms with Crippen molar-refractivity contribution >= 4 is 39.9 Å². The van der Waals surface area contributed by atoms with Gasteiger partial charge in [-0.05, 0) is 18.6 Å². The van der Waals surface area contributed by atoms with Crippen LogP contribution in [0.25, 0.3) is 0 Å². The molecular formula is C10H9NOS2. The summed E-state index contributed by atoms with van der Waals surface area (Å²) in [6.45, 7) is 1.98. The number of thioether (sulfide) groups is 1. The van der Waals surface area contributed by atoms with Crippen LogP contribution in [0.2, 0.25) is 0 Å². The lowest BCUT2D eigenvalue weighted by molar-refractivity contribution is -0.115. The maximum Gasteiger partial charge on any atom is 0.243 e. The van der Waals surface area contributed by atoms with Gasteiger partial charge in [0.2, 0.25) is 5.91 Å². The van der Waals surface area contributed by atoms with E-state index in [4.69, 9.17) is 12.2 Å². The van der Waals surface area contributed by atoms with Gasteiger partial charge in [-0.2, -0.15) is 0 Å². The van der Waals surface area contributed by atoms with E-state index >= 15 is 0 Å². The van der Waals surface area contributed by atoms with E-state index in [9.17, 15) is 4.79 Å². The highest BCUT2D eigenvalue weighted by Gasteiger charge is 2.28. The molecule has 14 heavy (non-hydrogen) atoms. The Morgan fingerprint density at radius 3 is 2.71 bits per heavy atom. The van der Waals surface area contributed by atoms with E-state index in [1.165, 1.54) is 11.8 Å². The van der Waals surface area contributed by atoms with E-state index in [0.29, 0.717) is 10.1 Å². The van der Waals surface area contributed by atoms with Gasteiger partial charge in [-0.1, -0.05) is 42.2 Å². The third-order valence-corrected chi connectivity index (χ3v) is 3.46. The molecule has 1 aliphatic rings. The third kappa shape index (κ3) is 1.55. The van der Waals surface area contributed by atoms with Crippen LogP contribution in [-0.2, 0) is 4.79 Å². The first-order chi connectivity index (χ1) is 6.70. The molecule has 0 radical (unpaired) electrons. The molecule has 1 aliphatic heterocycles. The van der Waals surface area contributed by atoms with Gasteiger partial charge in [0.05, 0.1) is 11.4 Å². The summed E-state index contributed by atoms with van der Waals surface area (Å²) in [6, 6.07) is 7.77. The minimum atomic E-state index is 0.0781. The number of nitrogens with zero attached hydrogens (tertiary/aromatic N) is 1. The fourth-order valence-electron chi connectivity index (χ4n) is 1.40. The Bertz CT molecular complexity index is 387. The number of para-hydroxylation sites is 1. The summed E-state index contributed by atoms with van der Waals surface area (Å²) in [5, 5.41) is 0. The molecule has 0 atom stereocenters. The van der Waals surface area contributed by atoms with Gasteiger partial charge in [0.25, 0.3) is 0 Å². The largest absolute Gasteiger partial charge is 0.273 e. The molecule has 1 amide bonds. The number of anilines is 1. The number of carbonyl (C=O) groups is 1.